The number of piperidine rings is 1. The molecule has 19 heavy (non-hydrogen) atoms. The molecule has 2 rings (SSSR count). The van der Waals surface area contributed by atoms with Crippen molar-refractivity contribution >= 4 is 0 Å². The second-order valence-electron chi connectivity index (χ2n) is 5.41. The van der Waals surface area contributed by atoms with Crippen LogP contribution in [0.25, 0.3) is 0 Å². The third kappa shape index (κ3) is 6.73. The van der Waals surface area contributed by atoms with Crippen molar-refractivity contribution in [3.63, 3.8) is 0 Å². The molecule has 3 heteroatoms. The Labute approximate surface area is 121 Å². The van der Waals surface area contributed by atoms with Crippen LogP contribution in [0.1, 0.15) is 53.9 Å². The second kappa shape index (κ2) is 10.6. The first kappa shape index (κ1) is 18.9. The number of likely N-dealkylation sites (N-methyl/N-ethyl adjacent to an activating group) is 1. The SMILES string of the molecule is CC.CCC.CCN1CCOC2(CCN(C)CC2)C1. The van der Waals surface area contributed by atoms with Crippen molar-refractivity contribution in [3.8, 4) is 0 Å². The van der Waals surface area contributed by atoms with Gasteiger partial charge in [-0.3, -0.25) is 4.90 Å². The predicted octanol–water partition coefficient (Wildman–Crippen LogP) is 3.25. The van der Waals surface area contributed by atoms with Crippen molar-refractivity contribution in [3.05, 3.63) is 0 Å². The second-order valence-corrected chi connectivity index (χ2v) is 5.41. The van der Waals surface area contributed by atoms with Crippen LogP contribution in [0.5, 0.6) is 0 Å². The van der Waals surface area contributed by atoms with Gasteiger partial charge in [0.25, 0.3) is 0 Å². The largest absolute Gasteiger partial charge is 0.372 e. The van der Waals surface area contributed by atoms with Crippen molar-refractivity contribution < 1.29 is 4.74 Å². The number of hydrogen-bond donors (Lipinski definition) is 0. The van der Waals surface area contributed by atoms with Crippen LogP contribution < -0.4 is 0 Å². The summed E-state index contributed by atoms with van der Waals surface area (Å²) in [4.78, 5) is 4.92. The van der Waals surface area contributed by atoms with Gasteiger partial charge in [0.1, 0.15) is 0 Å². The van der Waals surface area contributed by atoms with E-state index in [1.54, 1.807) is 0 Å². The minimum absolute atomic E-state index is 0.195. The van der Waals surface area contributed by atoms with E-state index < -0.39 is 0 Å². The molecule has 2 saturated heterocycles. The summed E-state index contributed by atoms with van der Waals surface area (Å²) in [6.45, 7) is 17.2. The smallest absolute Gasteiger partial charge is 0.0833 e. The summed E-state index contributed by atoms with van der Waals surface area (Å²) in [6.07, 6.45) is 3.67. The fourth-order valence-electron chi connectivity index (χ4n) is 2.52. The van der Waals surface area contributed by atoms with Gasteiger partial charge >= 0.3 is 0 Å². The summed E-state index contributed by atoms with van der Waals surface area (Å²) < 4.78 is 6.02. The van der Waals surface area contributed by atoms with Crippen molar-refractivity contribution in [1.82, 2.24) is 9.80 Å². The van der Waals surface area contributed by atoms with Gasteiger partial charge in [0.05, 0.1) is 12.2 Å². The van der Waals surface area contributed by atoms with Crippen LogP contribution in [0.15, 0.2) is 0 Å². The normalized spacial score (nSPS) is 23.1. The summed E-state index contributed by atoms with van der Waals surface area (Å²) in [5.41, 5.74) is 0.195. The van der Waals surface area contributed by atoms with E-state index in [1.165, 1.54) is 38.9 Å². The molecule has 0 atom stereocenters. The fraction of sp³-hybridized carbons (Fsp3) is 1.00. The lowest BCUT2D eigenvalue weighted by Crippen LogP contribution is -2.56. The van der Waals surface area contributed by atoms with Crippen LogP contribution in [0, 0.1) is 0 Å². The summed E-state index contributed by atoms with van der Waals surface area (Å²) in [5.74, 6) is 0. The van der Waals surface area contributed by atoms with Gasteiger partial charge in [0.2, 0.25) is 0 Å². The van der Waals surface area contributed by atoms with Crippen molar-refractivity contribution in [2.45, 2.75) is 59.5 Å². The lowest BCUT2D eigenvalue weighted by atomic mass is 9.89. The monoisotopic (exact) mass is 272 g/mol. The maximum Gasteiger partial charge on any atom is 0.0833 e. The molecular formula is C16H36N2O. The third-order valence-electron chi connectivity index (χ3n) is 3.67. The van der Waals surface area contributed by atoms with E-state index in [0.717, 1.165) is 19.7 Å². The number of morpholine rings is 1. The first-order valence-electron chi connectivity index (χ1n) is 8.20. The molecule has 116 valence electrons. The van der Waals surface area contributed by atoms with Crippen LogP contribution in [0.3, 0.4) is 0 Å². The summed E-state index contributed by atoms with van der Waals surface area (Å²) in [6, 6.07) is 0. The molecule has 0 saturated carbocycles. The van der Waals surface area contributed by atoms with Gasteiger partial charge in [-0.05, 0) is 26.4 Å². The van der Waals surface area contributed by atoms with Gasteiger partial charge < -0.3 is 9.64 Å². The molecule has 0 aliphatic carbocycles. The molecule has 0 N–H and O–H groups in total. The topological polar surface area (TPSA) is 15.7 Å². The lowest BCUT2D eigenvalue weighted by Gasteiger charge is -2.46. The van der Waals surface area contributed by atoms with E-state index in [2.05, 4.69) is 37.6 Å². The number of hydrogen-bond acceptors (Lipinski definition) is 3. The van der Waals surface area contributed by atoms with Crippen LogP contribution in [-0.4, -0.2) is 61.8 Å². The molecule has 2 heterocycles. The van der Waals surface area contributed by atoms with Crippen LogP contribution in [0.2, 0.25) is 0 Å². The van der Waals surface area contributed by atoms with Gasteiger partial charge in [-0.15, -0.1) is 0 Å². The maximum absolute atomic E-state index is 6.02. The zero-order chi connectivity index (χ0) is 14.7. The van der Waals surface area contributed by atoms with E-state index in [0.29, 0.717) is 0 Å². The van der Waals surface area contributed by atoms with E-state index in [4.69, 9.17) is 4.74 Å². The van der Waals surface area contributed by atoms with Gasteiger partial charge in [-0.2, -0.15) is 0 Å². The first-order valence-corrected chi connectivity index (χ1v) is 8.20. The summed E-state index contributed by atoms with van der Waals surface area (Å²) in [5, 5.41) is 0. The number of nitrogens with zero attached hydrogens (tertiary/aromatic N) is 2. The number of ether oxygens (including phenoxy) is 1. The molecule has 3 nitrogen and oxygen atoms in total. The Kier molecular flexibility index (Phi) is 10.6. The fourth-order valence-corrected chi connectivity index (χ4v) is 2.52. The third-order valence-corrected chi connectivity index (χ3v) is 3.67. The molecule has 0 aromatic rings. The molecule has 0 aromatic heterocycles. The minimum atomic E-state index is 0.195. The molecule has 0 aromatic carbocycles. The van der Waals surface area contributed by atoms with Crippen molar-refractivity contribution in [1.29, 1.82) is 0 Å². The lowest BCUT2D eigenvalue weighted by molar-refractivity contribution is -0.132. The molecular weight excluding hydrogens is 236 g/mol. The zero-order valence-corrected chi connectivity index (χ0v) is 14.2. The van der Waals surface area contributed by atoms with Crippen molar-refractivity contribution in [2.75, 3.05) is 46.4 Å². The Morgan fingerprint density at radius 2 is 1.53 bits per heavy atom. The number of rotatable bonds is 1. The van der Waals surface area contributed by atoms with E-state index in [1.807, 2.05) is 13.8 Å². The Balaban J connectivity index is 0.000000573. The molecule has 1 spiro atoms. The van der Waals surface area contributed by atoms with Crippen LogP contribution >= 0.6 is 0 Å². The average molecular weight is 272 g/mol. The predicted molar refractivity (Wildman–Crippen MR) is 84.8 cm³/mol. The van der Waals surface area contributed by atoms with E-state index in [9.17, 15) is 0 Å². The van der Waals surface area contributed by atoms with Gasteiger partial charge in [0, 0.05) is 26.2 Å². The highest BCUT2D eigenvalue weighted by Gasteiger charge is 2.38. The summed E-state index contributed by atoms with van der Waals surface area (Å²) >= 11 is 0. The Bertz CT molecular complexity index is 201. The molecule has 2 aliphatic rings. The average Bonchev–Trinajstić information content (AvgIpc) is 2.46. The quantitative estimate of drug-likeness (QED) is 0.729. The van der Waals surface area contributed by atoms with Crippen LogP contribution in [0.4, 0.5) is 0 Å². The van der Waals surface area contributed by atoms with Gasteiger partial charge in [0.15, 0.2) is 0 Å². The Morgan fingerprint density at radius 1 is 1.00 bits per heavy atom. The van der Waals surface area contributed by atoms with E-state index >= 15 is 0 Å². The zero-order valence-electron chi connectivity index (χ0n) is 14.2. The standard InChI is InChI=1S/C11H22N2O.C3H8.C2H6/c1-3-13-8-9-14-11(10-13)4-6-12(2)7-5-11;1-3-2;1-2/h3-10H2,1-2H3;3H2,1-2H3;1-2H3. The highest BCUT2D eigenvalue weighted by Crippen LogP contribution is 2.29. The Hall–Kier alpha value is -0.120. The molecule has 0 bridgehead atoms. The molecule has 2 aliphatic heterocycles. The first-order chi connectivity index (χ1) is 9.15. The highest BCUT2D eigenvalue weighted by atomic mass is 16.5. The molecule has 0 unspecified atom stereocenters. The highest BCUT2D eigenvalue weighted by molar-refractivity contribution is 4.91. The van der Waals surface area contributed by atoms with Gasteiger partial charge in [-0.1, -0.05) is 41.0 Å². The molecule has 0 amide bonds. The maximum atomic E-state index is 6.02. The van der Waals surface area contributed by atoms with E-state index in [-0.39, 0.29) is 5.60 Å². The van der Waals surface area contributed by atoms with Gasteiger partial charge in [-0.25, -0.2) is 0 Å². The Morgan fingerprint density at radius 3 is 2.00 bits per heavy atom. The van der Waals surface area contributed by atoms with Crippen LogP contribution in [-0.2, 0) is 4.74 Å². The molecule has 2 fully saturated rings. The number of likely N-dealkylation sites (tertiary alicyclic amines) is 1. The van der Waals surface area contributed by atoms with Crippen molar-refractivity contribution in [2.24, 2.45) is 0 Å². The summed E-state index contributed by atoms with van der Waals surface area (Å²) in [7, 11) is 2.20. The minimum Gasteiger partial charge on any atom is -0.372 e. The molecule has 0 radical (unpaired) electrons.